The number of fused-ring (bicyclic) bond motifs is 3. The molecule has 1 N–H and O–H groups in total. The zero-order chi connectivity index (χ0) is 17.0. The number of halogens is 4. The number of hydrogen-bond donors (Lipinski definition) is 1. The summed E-state index contributed by atoms with van der Waals surface area (Å²) in [6.07, 6.45) is -5.04. The van der Waals surface area contributed by atoms with Crippen LogP contribution in [0.1, 0.15) is 21.5 Å². The fourth-order valence-corrected chi connectivity index (χ4v) is 2.91. The molecule has 23 heavy (non-hydrogen) atoms. The van der Waals surface area contributed by atoms with E-state index >= 15 is 0 Å². The normalized spacial score (nSPS) is 19.2. The number of esters is 1. The Balaban J connectivity index is 2.44. The van der Waals surface area contributed by atoms with Crippen molar-refractivity contribution in [2.75, 3.05) is 7.11 Å². The van der Waals surface area contributed by atoms with E-state index < -0.39 is 34.7 Å². The van der Waals surface area contributed by atoms with Gasteiger partial charge in [-0.05, 0) is 23.8 Å². The highest BCUT2D eigenvalue weighted by atomic mass is 19.4. The zero-order valence-corrected chi connectivity index (χ0v) is 11.7. The average Bonchev–Trinajstić information content (AvgIpc) is 2.76. The number of alkyl halides is 3. The fourth-order valence-electron chi connectivity index (χ4n) is 2.91. The molecule has 0 aromatic heterocycles. The number of aliphatic hydroxyl groups is 1. The second-order valence-corrected chi connectivity index (χ2v) is 5.12. The summed E-state index contributed by atoms with van der Waals surface area (Å²) in [6.45, 7) is 0. The van der Waals surface area contributed by atoms with Crippen LogP contribution in [-0.4, -0.2) is 24.4 Å². The van der Waals surface area contributed by atoms with E-state index in [1.165, 1.54) is 12.1 Å². The van der Waals surface area contributed by atoms with Crippen molar-refractivity contribution in [1.82, 2.24) is 0 Å². The van der Waals surface area contributed by atoms with E-state index in [4.69, 9.17) is 0 Å². The van der Waals surface area contributed by atoms with Crippen LogP contribution >= 0.6 is 0 Å². The van der Waals surface area contributed by atoms with Gasteiger partial charge in [-0.15, -0.1) is 0 Å². The molecule has 0 radical (unpaired) electrons. The van der Waals surface area contributed by atoms with Gasteiger partial charge in [0, 0.05) is 16.7 Å². The highest BCUT2D eigenvalue weighted by molar-refractivity contribution is 6.01. The summed E-state index contributed by atoms with van der Waals surface area (Å²) in [6, 6.07) is 6.11. The summed E-state index contributed by atoms with van der Waals surface area (Å²) in [5, 5.41) is 10.4. The predicted molar refractivity (Wildman–Crippen MR) is 72.2 cm³/mol. The first-order valence-electron chi connectivity index (χ1n) is 6.53. The van der Waals surface area contributed by atoms with Crippen LogP contribution in [0.15, 0.2) is 36.4 Å². The predicted octanol–water partition coefficient (Wildman–Crippen LogP) is 3.39. The Morgan fingerprint density at radius 1 is 1.17 bits per heavy atom. The number of ether oxygens (including phenoxy) is 1. The molecule has 2 aromatic carbocycles. The van der Waals surface area contributed by atoms with E-state index in [0.717, 1.165) is 31.4 Å². The molecule has 120 valence electrons. The number of rotatable bonds is 1. The van der Waals surface area contributed by atoms with Gasteiger partial charge < -0.3 is 9.84 Å². The van der Waals surface area contributed by atoms with Gasteiger partial charge in [0.05, 0.1) is 12.7 Å². The van der Waals surface area contributed by atoms with Gasteiger partial charge in [0.25, 0.3) is 0 Å². The molecule has 7 heteroatoms. The Morgan fingerprint density at radius 2 is 1.87 bits per heavy atom. The molecular weight excluding hydrogens is 316 g/mol. The molecule has 1 atom stereocenters. The van der Waals surface area contributed by atoms with Gasteiger partial charge >= 0.3 is 12.1 Å². The minimum absolute atomic E-state index is 0.169. The third kappa shape index (κ3) is 1.96. The van der Waals surface area contributed by atoms with Crippen molar-refractivity contribution in [1.29, 1.82) is 0 Å². The van der Waals surface area contributed by atoms with Crippen LogP contribution in [0.2, 0.25) is 0 Å². The lowest BCUT2D eigenvalue weighted by Crippen LogP contribution is -2.41. The fraction of sp³-hybridized carbons (Fsp3) is 0.188. The lowest BCUT2D eigenvalue weighted by Gasteiger charge is -2.28. The number of carbonyl (C=O) groups excluding carboxylic acids is 1. The number of benzene rings is 2. The highest BCUT2D eigenvalue weighted by Gasteiger charge is 2.61. The molecule has 0 spiro atoms. The van der Waals surface area contributed by atoms with Crippen molar-refractivity contribution in [3.63, 3.8) is 0 Å². The van der Waals surface area contributed by atoms with E-state index in [1.54, 1.807) is 0 Å². The molecule has 0 heterocycles. The summed E-state index contributed by atoms with van der Waals surface area (Å²) in [7, 11) is 1.08. The van der Waals surface area contributed by atoms with Crippen LogP contribution < -0.4 is 0 Å². The molecule has 1 aliphatic carbocycles. The zero-order valence-electron chi connectivity index (χ0n) is 11.7. The minimum atomic E-state index is -5.04. The Morgan fingerprint density at radius 3 is 2.48 bits per heavy atom. The van der Waals surface area contributed by atoms with Crippen molar-refractivity contribution >= 4 is 5.97 Å². The van der Waals surface area contributed by atoms with E-state index in [9.17, 15) is 27.5 Å². The molecule has 0 saturated carbocycles. The summed E-state index contributed by atoms with van der Waals surface area (Å²) < 4.78 is 58.8. The Hall–Kier alpha value is -2.41. The lowest BCUT2D eigenvalue weighted by molar-refractivity contribution is -0.246. The van der Waals surface area contributed by atoms with Gasteiger partial charge in [0.15, 0.2) is 0 Å². The highest BCUT2D eigenvalue weighted by Crippen LogP contribution is 2.55. The third-order valence-electron chi connectivity index (χ3n) is 3.91. The van der Waals surface area contributed by atoms with Crippen LogP contribution in [0.5, 0.6) is 0 Å². The van der Waals surface area contributed by atoms with E-state index in [0.29, 0.717) is 0 Å². The Kier molecular flexibility index (Phi) is 3.23. The molecule has 0 fully saturated rings. The SMILES string of the molecule is COC(=O)c1cccc2c1-c1cc(F)ccc1C2(O)C(F)(F)F. The van der Waals surface area contributed by atoms with E-state index in [1.807, 2.05) is 0 Å². The van der Waals surface area contributed by atoms with Gasteiger partial charge in [-0.2, -0.15) is 13.2 Å². The minimum Gasteiger partial charge on any atom is -0.465 e. The number of methoxy groups -OCH3 is 1. The molecule has 0 amide bonds. The first-order chi connectivity index (χ1) is 10.7. The average molecular weight is 326 g/mol. The molecule has 1 unspecified atom stereocenters. The van der Waals surface area contributed by atoms with Crippen LogP contribution in [0.4, 0.5) is 17.6 Å². The first kappa shape index (κ1) is 15.5. The third-order valence-corrected chi connectivity index (χ3v) is 3.91. The van der Waals surface area contributed by atoms with Crippen molar-refractivity contribution in [3.05, 3.63) is 58.9 Å². The lowest BCUT2D eigenvalue weighted by atomic mass is 9.90. The maximum Gasteiger partial charge on any atom is 0.425 e. The van der Waals surface area contributed by atoms with Gasteiger partial charge in [-0.3, -0.25) is 0 Å². The molecule has 3 nitrogen and oxygen atoms in total. The second kappa shape index (κ2) is 4.79. The molecule has 2 aromatic rings. The van der Waals surface area contributed by atoms with E-state index in [-0.39, 0.29) is 16.7 Å². The summed E-state index contributed by atoms with van der Waals surface area (Å²) in [4.78, 5) is 11.8. The van der Waals surface area contributed by atoms with Crippen LogP contribution in [-0.2, 0) is 10.3 Å². The molecule has 0 aliphatic heterocycles. The van der Waals surface area contributed by atoms with Crippen molar-refractivity contribution in [2.24, 2.45) is 0 Å². The Bertz CT molecular complexity index is 813. The molecule has 0 bridgehead atoms. The monoisotopic (exact) mass is 326 g/mol. The van der Waals surface area contributed by atoms with Gasteiger partial charge in [0.1, 0.15) is 5.82 Å². The standard InChI is InChI=1S/C16H10F4O3/c1-23-14(21)9-3-2-4-12-13(9)10-7-8(17)5-6-11(10)15(12,22)16(18,19)20/h2-7,22H,1H3. The molecular formula is C16H10F4O3. The van der Waals surface area contributed by atoms with Crippen LogP contribution in [0.3, 0.4) is 0 Å². The van der Waals surface area contributed by atoms with Crippen molar-refractivity contribution in [2.45, 2.75) is 11.8 Å². The maximum atomic E-state index is 13.6. The largest absolute Gasteiger partial charge is 0.465 e. The summed E-state index contributed by atoms with van der Waals surface area (Å²) >= 11 is 0. The topological polar surface area (TPSA) is 46.5 Å². The first-order valence-corrected chi connectivity index (χ1v) is 6.53. The van der Waals surface area contributed by atoms with E-state index in [2.05, 4.69) is 4.74 Å². The number of carbonyl (C=O) groups is 1. The quantitative estimate of drug-likeness (QED) is 0.645. The summed E-state index contributed by atoms with van der Waals surface area (Å²) in [5.74, 6) is -1.65. The summed E-state index contributed by atoms with van der Waals surface area (Å²) in [5.41, 5.74) is -4.87. The maximum absolute atomic E-state index is 13.6. The van der Waals surface area contributed by atoms with Gasteiger partial charge in [0.2, 0.25) is 5.60 Å². The van der Waals surface area contributed by atoms with Crippen molar-refractivity contribution in [3.8, 4) is 11.1 Å². The molecule has 3 rings (SSSR count). The smallest absolute Gasteiger partial charge is 0.425 e. The second-order valence-electron chi connectivity index (χ2n) is 5.12. The number of hydrogen-bond acceptors (Lipinski definition) is 3. The Labute approximate surface area is 128 Å². The van der Waals surface area contributed by atoms with Gasteiger partial charge in [-0.1, -0.05) is 18.2 Å². The molecule has 1 aliphatic rings. The van der Waals surface area contributed by atoms with Gasteiger partial charge in [-0.25, -0.2) is 9.18 Å². The van der Waals surface area contributed by atoms with Crippen molar-refractivity contribution < 1.29 is 32.2 Å². The molecule has 0 saturated heterocycles. The van der Waals surface area contributed by atoms with Crippen LogP contribution in [0, 0.1) is 5.82 Å². The van der Waals surface area contributed by atoms with Crippen LogP contribution in [0.25, 0.3) is 11.1 Å².